The van der Waals surface area contributed by atoms with Crippen molar-refractivity contribution in [3.63, 3.8) is 0 Å². The summed E-state index contributed by atoms with van der Waals surface area (Å²) in [6.07, 6.45) is 0. The van der Waals surface area contributed by atoms with Crippen LogP contribution in [-0.2, 0) is 7.05 Å². The lowest BCUT2D eigenvalue weighted by molar-refractivity contribution is 0.384. The second kappa shape index (κ2) is 6.15. The summed E-state index contributed by atoms with van der Waals surface area (Å²) in [5.41, 5.74) is 0.763. The molecular formula is C15H22N4O. The molecule has 5 heteroatoms. The molecule has 1 heterocycles. The number of likely N-dealkylation sites (N-methyl/N-ethyl adjacent to an activating group) is 1. The van der Waals surface area contributed by atoms with E-state index < -0.39 is 0 Å². The Hall–Kier alpha value is -1.72. The molecule has 0 saturated carbocycles. The number of para-hydroxylation sites is 1. The van der Waals surface area contributed by atoms with Crippen molar-refractivity contribution >= 4 is 10.9 Å². The van der Waals surface area contributed by atoms with Crippen LogP contribution in [0.3, 0.4) is 0 Å². The quantitative estimate of drug-likeness (QED) is 0.888. The molecule has 5 nitrogen and oxygen atoms in total. The van der Waals surface area contributed by atoms with Crippen LogP contribution in [0.1, 0.15) is 18.8 Å². The highest BCUT2D eigenvalue weighted by Crippen LogP contribution is 2.12. The molecule has 1 N–H and O–H groups in total. The Morgan fingerprint density at radius 3 is 2.75 bits per heavy atom. The van der Waals surface area contributed by atoms with Gasteiger partial charge in [-0.2, -0.15) is 0 Å². The van der Waals surface area contributed by atoms with Crippen molar-refractivity contribution in [2.24, 2.45) is 7.05 Å². The predicted octanol–water partition coefficient (Wildman–Crippen LogP) is 1.15. The molecule has 0 radical (unpaired) electrons. The maximum Gasteiger partial charge on any atom is 0.261 e. The van der Waals surface area contributed by atoms with Crippen LogP contribution in [-0.4, -0.2) is 41.6 Å². The van der Waals surface area contributed by atoms with Gasteiger partial charge in [-0.25, -0.2) is 4.98 Å². The number of rotatable bonds is 5. The zero-order valence-corrected chi connectivity index (χ0v) is 12.6. The Morgan fingerprint density at radius 1 is 1.35 bits per heavy atom. The van der Waals surface area contributed by atoms with Gasteiger partial charge in [0.1, 0.15) is 5.82 Å². The highest BCUT2D eigenvalue weighted by molar-refractivity contribution is 5.77. The number of hydrogen-bond acceptors (Lipinski definition) is 4. The number of nitrogens with zero attached hydrogens (tertiary/aromatic N) is 3. The molecule has 0 spiro atoms. The fourth-order valence-electron chi connectivity index (χ4n) is 2.22. The van der Waals surface area contributed by atoms with E-state index in [1.54, 1.807) is 11.6 Å². The lowest BCUT2D eigenvalue weighted by atomic mass is 10.2. The van der Waals surface area contributed by atoms with Crippen molar-refractivity contribution in [3.8, 4) is 0 Å². The molecule has 0 aliphatic carbocycles. The third-order valence-electron chi connectivity index (χ3n) is 3.41. The summed E-state index contributed by atoms with van der Waals surface area (Å²) in [5, 5.41) is 4.07. The van der Waals surface area contributed by atoms with Crippen LogP contribution in [0.5, 0.6) is 0 Å². The zero-order chi connectivity index (χ0) is 14.7. The van der Waals surface area contributed by atoms with Gasteiger partial charge < -0.3 is 10.2 Å². The SMILES string of the molecule is C[C@@H](NCCN(C)C)c1nc2ccccc2c(=O)n1C. The molecular weight excluding hydrogens is 252 g/mol. The molecule has 2 aromatic rings. The Bertz CT molecular complexity index is 648. The first kappa shape index (κ1) is 14.7. The Labute approximate surface area is 119 Å². The molecule has 1 atom stereocenters. The lowest BCUT2D eigenvalue weighted by Gasteiger charge is -2.18. The van der Waals surface area contributed by atoms with E-state index in [9.17, 15) is 4.79 Å². The first-order valence-corrected chi connectivity index (χ1v) is 6.84. The molecule has 0 saturated heterocycles. The van der Waals surface area contributed by atoms with Gasteiger partial charge >= 0.3 is 0 Å². The van der Waals surface area contributed by atoms with Gasteiger partial charge in [-0.15, -0.1) is 0 Å². The van der Waals surface area contributed by atoms with E-state index in [2.05, 4.69) is 15.2 Å². The second-order valence-corrected chi connectivity index (χ2v) is 5.33. The first-order valence-electron chi connectivity index (χ1n) is 6.84. The van der Waals surface area contributed by atoms with Gasteiger partial charge in [0.25, 0.3) is 5.56 Å². The fourth-order valence-corrected chi connectivity index (χ4v) is 2.22. The van der Waals surface area contributed by atoms with E-state index in [1.165, 1.54) is 0 Å². The fraction of sp³-hybridized carbons (Fsp3) is 0.467. The average molecular weight is 274 g/mol. The summed E-state index contributed by atoms with van der Waals surface area (Å²) in [6.45, 7) is 3.84. The van der Waals surface area contributed by atoms with E-state index in [4.69, 9.17) is 0 Å². The van der Waals surface area contributed by atoms with Gasteiger partial charge in [0.05, 0.1) is 16.9 Å². The van der Waals surface area contributed by atoms with E-state index in [0.29, 0.717) is 5.39 Å². The second-order valence-electron chi connectivity index (χ2n) is 5.33. The summed E-state index contributed by atoms with van der Waals surface area (Å²) >= 11 is 0. The predicted molar refractivity (Wildman–Crippen MR) is 82.0 cm³/mol. The van der Waals surface area contributed by atoms with Gasteiger partial charge in [-0.05, 0) is 33.2 Å². The monoisotopic (exact) mass is 274 g/mol. The Kier molecular flexibility index (Phi) is 4.52. The van der Waals surface area contributed by atoms with Crippen molar-refractivity contribution in [3.05, 3.63) is 40.4 Å². The topological polar surface area (TPSA) is 50.2 Å². The van der Waals surface area contributed by atoms with Gasteiger partial charge in [0, 0.05) is 20.1 Å². The minimum Gasteiger partial charge on any atom is -0.308 e. The maximum atomic E-state index is 12.3. The standard InChI is InChI=1S/C15H22N4O/c1-11(16-9-10-18(2)3)14-17-13-8-6-5-7-12(13)15(20)19(14)4/h5-8,11,16H,9-10H2,1-4H3/t11-/m1/s1. The van der Waals surface area contributed by atoms with E-state index in [0.717, 1.165) is 24.4 Å². The molecule has 0 amide bonds. The minimum atomic E-state index is 0.00635. The Morgan fingerprint density at radius 2 is 2.05 bits per heavy atom. The molecule has 0 aliphatic rings. The van der Waals surface area contributed by atoms with Crippen molar-refractivity contribution in [2.75, 3.05) is 27.2 Å². The summed E-state index contributed by atoms with van der Waals surface area (Å²) in [4.78, 5) is 19.1. The number of aromatic nitrogens is 2. The van der Waals surface area contributed by atoms with Crippen LogP contribution in [0, 0.1) is 0 Å². The van der Waals surface area contributed by atoms with Crippen LogP contribution in [0.2, 0.25) is 0 Å². The molecule has 0 bridgehead atoms. The van der Waals surface area contributed by atoms with Crippen LogP contribution in [0.15, 0.2) is 29.1 Å². The van der Waals surface area contributed by atoms with Gasteiger partial charge in [-0.1, -0.05) is 12.1 Å². The smallest absolute Gasteiger partial charge is 0.261 e. The van der Waals surface area contributed by atoms with Gasteiger partial charge in [0.2, 0.25) is 0 Å². The molecule has 1 aromatic carbocycles. The third-order valence-corrected chi connectivity index (χ3v) is 3.41. The van der Waals surface area contributed by atoms with Crippen LogP contribution in [0.25, 0.3) is 10.9 Å². The summed E-state index contributed by atoms with van der Waals surface area (Å²) in [7, 11) is 5.86. The average Bonchev–Trinajstić information content (AvgIpc) is 2.42. The number of nitrogens with one attached hydrogen (secondary N) is 1. The summed E-state index contributed by atoms with van der Waals surface area (Å²) in [5.74, 6) is 0.771. The lowest BCUT2D eigenvalue weighted by Crippen LogP contribution is -2.33. The first-order chi connectivity index (χ1) is 9.50. The van der Waals surface area contributed by atoms with E-state index in [1.807, 2.05) is 45.3 Å². The number of fused-ring (bicyclic) bond motifs is 1. The summed E-state index contributed by atoms with van der Waals surface area (Å²) in [6, 6.07) is 7.51. The molecule has 2 rings (SSSR count). The van der Waals surface area contributed by atoms with Crippen molar-refractivity contribution in [1.29, 1.82) is 0 Å². The molecule has 108 valence electrons. The molecule has 0 aliphatic heterocycles. The van der Waals surface area contributed by atoms with E-state index >= 15 is 0 Å². The summed E-state index contributed by atoms with van der Waals surface area (Å²) < 4.78 is 1.63. The largest absolute Gasteiger partial charge is 0.308 e. The molecule has 0 unspecified atom stereocenters. The van der Waals surface area contributed by atoms with Gasteiger partial charge in [0.15, 0.2) is 0 Å². The van der Waals surface area contributed by atoms with Gasteiger partial charge in [-0.3, -0.25) is 9.36 Å². The van der Waals surface area contributed by atoms with Crippen LogP contribution in [0.4, 0.5) is 0 Å². The normalized spacial score (nSPS) is 13.1. The highest BCUT2D eigenvalue weighted by Gasteiger charge is 2.13. The third kappa shape index (κ3) is 3.05. The molecule has 20 heavy (non-hydrogen) atoms. The van der Waals surface area contributed by atoms with E-state index in [-0.39, 0.29) is 11.6 Å². The van der Waals surface area contributed by atoms with Crippen LogP contribution < -0.4 is 10.9 Å². The molecule has 0 fully saturated rings. The highest BCUT2D eigenvalue weighted by atomic mass is 16.1. The van der Waals surface area contributed by atoms with Crippen molar-refractivity contribution in [2.45, 2.75) is 13.0 Å². The number of hydrogen-bond donors (Lipinski definition) is 1. The zero-order valence-electron chi connectivity index (χ0n) is 12.6. The maximum absolute atomic E-state index is 12.3. The van der Waals surface area contributed by atoms with Crippen LogP contribution >= 0.6 is 0 Å². The van der Waals surface area contributed by atoms with Crippen molar-refractivity contribution < 1.29 is 0 Å². The minimum absolute atomic E-state index is 0.00635. The Balaban J connectivity index is 2.30. The van der Waals surface area contributed by atoms with Crippen molar-refractivity contribution in [1.82, 2.24) is 19.8 Å². The molecule has 1 aromatic heterocycles. The number of benzene rings is 1.